The van der Waals surface area contributed by atoms with E-state index < -0.39 is 74.6 Å². The molecule has 0 spiro atoms. The summed E-state index contributed by atoms with van der Waals surface area (Å²) < 4.78 is 25.4. The molecule has 0 unspecified atom stereocenters. The summed E-state index contributed by atoms with van der Waals surface area (Å²) in [5.41, 5.74) is 0. The molecule has 8 N–H and O–H groups in total. The lowest BCUT2D eigenvalue weighted by Gasteiger charge is -2.44. The van der Waals surface area contributed by atoms with Crippen molar-refractivity contribution in [3.8, 4) is 0 Å². The third-order valence-corrected chi connectivity index (χ3v) is 4.77. The highest BCUT2D eigenvalue weighted by atomic mass is 16.8. The first kappa shape index (κ1) is 28.5. The van der Waals surface area contributed by atoms with Crippen LogP contribution >= 0.6 is 0 Å². The van der Waals surface area contributed by atoms with Crippen molar-refractivity contribution in [2.24, 2.45) is 0 Å². The minimum Gasteiger partial charge on any atom is -0.394 e. The van der Waals surface area contributed by atoms with Crippen LogP contribution in [0.1, 0.15) is 20.8 Å². The standard InChI is InChI=1S/C12H22O11.C6H14O2/c13-1-3-5(15)7(17)9(19)11(21-3)23-12-10(20)8(18)6(16)4(2-14)22-12;1-4-7-6(3)8-5-2/h3-20H,1-2H2;6H,4-5H2,1-3H3/t3-,4-,5-,6-,7+,8+,9-,10-,11-,12-;/m1./s1. The van der Waals surface area contributed by atoms with E-state index in [9.17, 15) is 30.6 Å². The first-order valence-electron chi connectivity index (χ1n) is 10.1. The summed E-state index contributed by atoms with van der Waals surface area (Å²) in [6.07, 6.45) is -15.6. The monoisotopic (exact) mass is 460 g/mol. The van der Waals surface area contributed by atoms with Crippen molar-refractivity contribution in [2.75, 3.05) is 26.4 Å². The van der Waals surface area contributed by atoms with Crippen LogP contribution in [0.25, 0.3) is 0 Å². The van der Waals surface area contributed by atoms with Crippen LogP contribution in [0.4, 0.5) is 0 Å². The second-order valence-corrected chi connectivity index (χ2v) is 7.01. The van der Waals surface area contributed by atoms with E-state index in [2.05, 4.69) is 0 Å². The Kier molecular flexibility index (Phi) is 12.8. The summed E-state index contributed by atoms with van der Waals surface area (Å²) in [5, 5.41) is 76.4. The van der Waals surface area contributed by atoms with E-state index >= 15 is 0 Å². The summed E-state index contributed by atoms with van der Waals surface area (Å²) in [6, 6.07) is 0. The summed E-state index contributed by atoms with van der Waals surface area (Å²) in [7, 11) is 0. The quantitative estimate of drug-likeness (QED) is 0.163. The number of hydrogen-bond donors (Lipinski definition) is 8. The van der Waals surface area contributed by atoms with Gasteiger partial charge in [-0.3, -0.25) is 0 Å². The maximum atomic E-state index is 9.84. The Morgan fingerprint density at radius 2 is 1.00 bits per heavy atom. The average molecular weight is 460 g/mol. The average Bonchev–Trinajstić information content (AvgIpc) is 2.75. The largest absolute Gasteiger partial charge is 0.394 e. The predicted molar refractivity (Wildman–Crippen MR) is 101 cm³/mol. The molecule has 2 saturated heterocycles. The van der Waals surface area contributed by atoms with Gasteiger partial charge in [0.25, 0.3) is 0 Å². The Labute approximate surface area is 180 Å². The van der Waals surface area contributed by atoms with Gasteiger partial charge in [-0.2, -0.15) is 0 Å². The molecule has 2 rings (SSSR count). The van der Waals surface area contributed by atoms with E-state index in [0.29, 0.717) is 0 Å². The normalized spacial score (nSPS) is 41.0. The van der Waals surface area contributed by atoms with E-state index in [1.54, 1.807) is 0 Å². The number of hydrogen-bond acceptors (Lipinski definition) is 13. The van der Waals surface area contributed by atoms with Crippen molar-refractivity contribution in [1.29, 1.82) is 0 Å². The van der Waals surface area contributed by atoms with Gasteiger partial charge in [0.1, 0.15) is 48.8 Å². The van der Waals surface area contributed by atoms with Crippen molar-refractivity contribution >= 4 is 0 Å². The molecule has 2 aliphatic heterocycles. The summed E-state index contributed by atoms with van der Waals surface area (Å²) in [6.45, 7) is 5.92. The number of ether oxygens (including phenoxy) is 5. The van der Waals surface area contributed by atoms with Crippen LogP contribution in [0.3, 0.4) is 0 Å². The Balaban J connectivity index is 0.000000512. The lowest BCUT2D eigenvalue weighted by Crippen LogP contribution is -2.63. The Hall–Kier alpha value is -0.520. The van der Waals surface area contributed by atoms with Gasteiger partial charge in [-0.05, 0) is 20.8 Å². The molecule has 2 fully saturated rings. The third-order valence-electron chi connectivity index (χ3n) is 4.77. The zero-order valence-electron chi connectivity index (χ0n) is 17.8. The molecular weight excluding hydrogens is 424 g/mol. The first-order chi connectivity index (χ1) is 14.6. The summed E-state index contributed by atoms with van der Waals surface area (Å²) in [4.78, 5) is 0. The van der Waals surface area contributed by atoms with E-state index in [0.717, 1.165) is 13.2 Å². The Morgan fingerprint density at radius 1 is 0.645 bits per heavy atom. The molecule has 0 aromatic rings. The molecule has 0 aliphatic carbocycles. The zero-order valence-corrected chi connectivity index (χ0v) is 17.8. The smallest absolute Gasteiger partial charge is 0.189 e. The van der Waals surface area contributed by atoms with Crippen LogP contribution in [0, 0.1) is 0 Å². The fraction of sp³-hybridized carbons (Fsp3) is 1.00. The molecule has 2 heterocycles. The first-order valence-corrected chi connectivity index (χ1v) is 10.1. The molecule has 0 aromatic heterocycles. The second-order valence-electron chi connectivity index (χ2n) is 7.01. The third kappa shape index (κ3) is 7.78. The van der Waals surface area contributed by atoms with Crippen molar-refractivity contribution in [3.05, 3.63) is 0 Å². The van der Waals surface area contributed by atoms with E-state index in [1.807, 2.05) is 20.8 Å². The lowest BCUT2D eigenvalue weighted by molar-refractivity contribution is -0.376. The SMILES string of the molecule is CCOC(C)OCC.OC[C@H]1O[C@H](O[C@H]2O[C@H](CO)[C@@H](O)[C@H](O)[C@H]2O)[C@H](O)[C@@H](O)[C@@H]1O. The van der Waals surface area contributed by atoms with Crippen molar-refractivity contribution in [3.63, 3.8) is 0 Å². The molecule has 13 nitrogen and oxygen atoms in total. The molecule has 13 heteroatoms. The second kappa shape index (κ2) is 13.9. The van der Waals surface area contributed by atoms with Crippen LogP contribution in [0.5, 0.6) is 0 Å². The van der Waals surface area contributed by atoms with Gasteiger partial charge in [0, 0.05) is 13.2 Å². The molecule has 2 aliphatic rings. The van der Waals surface area contributed by atoms with Gasteiger partial charge in [-0.15, -0.1) is 0 Å². The van der Waals surface area contributed by atoms with Gasteiger partial charge >= 0.3 is 0 Å². The summed E-state index contributed by atoms with van der Waals surface area (Å²) >= 11 is 0. The van der Waals surface area contributed by atoms with Gasteiger partial charge in [-0.25, -0.2) is 0 Å². The van der Waals surface area contributed by atoms with Gasteiger partial charge < -0.3 is 64.5 Å². The van der Waals surface area contributed by atoms with E-state index in [4.69, 9.17) is 33.9 Å². The topological polar surface area (TPSA) is 208 Å². The van der Waals surface area contributed by atoms with E-state index in [1.165, 1.54) is 0 Å². The van der Waals surface area contributed by atoms with Crippen LogP contribution in [-0.4, -0.2) is 135 Å². The maximum Gasteiger partial charge on any atom is 0.189 e. The molecule has 186 valence electrons. The van der Waals surface area contributed by atoms with Crippen LogP contribution in [0.2, 0.25) is 0 Å². The Bertz CT molecular complexity index is 439. The molecule has 0 amide bonds. The zero-order chi connectivity index (χ0) is 23.7. The van der Waals surface area contributed by atoms with Gasteiger partial charge in [0.2, 0.25) is 0 Å². The highest BCUT2D eigenvalue weighted by Gasteiger charge is 2.49. The van der Waals surface area contributed by atoms with Crippen molar-refractivity contribution < 1.29 is 64.5 Å². The molecule has 0 saturated carbocycles. The predicted octanol–water partition coefficient (Wildman–Crippen LogP) is -3.99. The molecule has 31 heavy (non-hydrogen) atoms. The fourth-order valence-corrected chi connectivity index (χ4v) is 3.01. The number of rotatable bonds is 8. The minimum atomic E-state index is -1.72. The highest BCUT2D eigenvalue weighted by molar-refractivity contribution is 4.92. The number of aliphatic hydroxyl groups excluding tert-OH is 8. The fourth-order valence-electron chi connectivity index (χ4n) is 3.01. The van der Waals surface area contributed by atoms with Gasteiger partial charge in [0.15, 0.2) is 18.9 Å². The molecule has 0 aromatic carbocycles. The van der Waals surface area contributed by atoms with Crippen molar-refractivity contribution in [2.45, 2.75) is 88.5 Å². The van der Waals surface area contributed by atoms with Crippen LogP contribution in [0.15, 0.2) is 0 Å². The minimum absolute atomic E-state index is 0.0370. The Morgan fingerprint density at radius 3 is 1.29 bits per heavy atom. The van der Waals surface area contributed by atoms with Gasteiger partial charge in [-0.1, -0.05) is 0 Å². The van der Waals surface area contributed by atoms with Crippen molar-refractivity contribution in [1.82, 2.24) is 0 Å². The van der Waals surface area contributed by atoms with Gasteiger partial charge in [0.05, 0.1) is 13.2 Å². The van der Waals surface area contributed by atoms with Crippen LogP contribution < -0.4 is 0 Å². The maximum absolute atomic E-state index is 9.84. The molecule has 0 bridgehead atoms. The number of aliphatic hydroxyl groups is 8. The van der Waals surface area contributed by atoms with E-state index in [-0.39, 0.29) is 6.29 Å². The van der Waals surface area contributed by atoms with Crippen LogP contribution in [-0.2, 0) is 23.7 Å². The summed E-state index contributed by atoms with van der Waals surface area (Å²) in [5.74, 6) is 0. The molecule has 0 radical (unpaired) electrons. The molecular formula is C18H36O13. The molecule has 10 atom stereocenters. The lowest BCUT2D eigenvalue weighted by atomic mass is 9.98. The highest BCUT2D eigenvalue weighted by Crippen LogP contribution is 2.27.